The Labute approximate surface area is 89.3 Å². The Morgan fingerprint density at radius 1 is 1.13 bits per heavy atom. The van der Waals surface area contributed by atoms with E-state index >= 15 is 0 Å². The second-order valence-corrected chi connectivity index (χ2v) is 3.80. The van der Waals surface area contributed by atoms with Crippen molar-refractivity contribution in [1.29, 1.82) is 0 Å². The molecule has 2 rings (SSSR count). The molecule has 2 aromatic rings. The molecule has 78 valence electrons. The van der Waals surface area contributed by atoms with E-state index in [-0.39, 0.29) is 0 Å². The fourth-order valence-electron chi connectivity index (χ4n) is 1.79. The van der Waals surface area contributed by atoms with Crippen LogP contribution in [0.25, 0.3) is 10.8 Å². The van der Waals surface area contributed by atoms with Crippen molar-refractivity contribution in [2.45, 2.75) is 19.1 Å². The van der Waals surface area contributed by atoms with Crippen molar-refractivity contribution in [3.05, 3.63) is 48.0 Å². The van der Waals surface area contributed by atoms with Crippen molar-refractivity contribution in [2.75, 3.05) is 0 Å². The smallest absolute Gasteiger partial charge is 0.139 e. The first-order chi connectivity index (χ1) is 7.15. The third-order valence-electron chi connectivity index (χ3n) is 2.80. The van der Waals surface area contributed by atoms with Crippen LogP contribution in [0.15, 0.2) is 42.5 Å². The molecule has 3 N–H and O–H groups in total. The van der Waals surface area contributed by atoms with Crippen molar-refractivity contribution >= 4 is 10.8 Å². The van der Waals surface area contributed by atoms with E-state index in [0.29, 0.717) is 6.42 Å². The standard InChI is InChI=1S/C13H15NO/c1-2-13(14,15)12-9-5-7-10-6-3-4-8-11(10)12/h3-9,15H,2,14H2,1H3. The fraction of sp³-hybridized carbons (Fsp3) is 0.231. The van der Waals surface area contributed by atoms with Gasteiger partial charge in [0, 0.05) is 5.56 Å². The fourth-order valence-corrected chi connectivity index (χ4v) is 1.79. The summed E-state index contributed by atoms with van der Waals surface area (Å²) in [5.41, 5.74) is 5.42. The molecule has 2 heteroatoms. The van der Waals surface area contributed by atoms with Crippen LogP contribution in [0.5, 0.6) is 0 Å². The summed E-state index contributed by atoms with van der Waals surface area (Å²) >= 11 is 0. The molecule has 0 heterocycles. The minimum Gasteiger partial charge on any atom is -0.372 e. The summed E-state index contributed by atoms with van der Waals surface area (Å²) in [6, 6.07) is 13.8. The molecule has 1 unspecified atom stereocenters. The third kappa shape index (κ3) is 1.74. The van der Waals surface area contributed by atoms with Gasteiger partial charge >= 0.3 is 0 Å². The summed E-state index contributed by atoms with van der Waals surface area (Å²) in [7, 11) is 0. The number of fused-ring (bicyclic) bond motifs is 1. The van der Waals surface area contributed by atoms with Gasteiger partial charge in [0.05, 0.1) is 0 Å². The first-order valence-electron chi connectivity index (χ1n) is 5.14. The maximum Gasteiger partial charge on any atom is 0.139 e. The summed E-state index contributed by atoms with van der Waals surface area (Å²) in [4.78, 5) is 0. The Bertz CT molecular complexity index is 471. The Balaban J connectivity index is 2.71. The van der Waals surface area contributed by atoms with Gasteiger partial charge in [0.2, 0.25) is 0 Å². The zero-order valence-corrected chi connectivity index (χ0v) is 8.77. The highest BCUT2D eigenvalue weighted by molar-refractivity contribution is 5.86. The minimum absolute atomic E-state index is 0.501. The molecule has 0 bridgehead atoms. The first-order valence-corrected chi connectivity index (χ1v) is 5.14. The van der Waals surface area contributed by atoms with Crippen LogP contribution in [-0.4, -0.2) is 5.11 Å². The quantitative estimate of drug-likeness (QED) is 0.733. The highest BCUT2D eigenvalue weighted by atomic mass is 16.3. The van der Waals surface area contributed by atoms with Gasteiger partial charge < -0.3 is 5.11 Å². The van der Waals surface area contributed by atoms with E-state index in [1.165, 1.54) is 0 Å². The normalized spacial score (nSPS) is 15.1. The van der Waals surface area contributed by atoms with Gasteiger partial charge in [0.15, 0.2) is 0 Å². The molecule has 0 spiro atoms. The second-order valence-electron chi connectivity index (χ2n) is 3.80. The monoisotopic (exact) mass is 201 g/mol. The van der Waals surface area contributed by atoms with Crippen molar-refractivity contribution in [3.63, 3.8) is 0 Å². The van der Waals surface area contributed by atoms with Gasteiger partial charge in [-0.3, -0.25) is 5.73 Å². The summed E-state index contributed by atoms with van der Waals surface area (Å²) < 4.78 is 0. The molecular formula is C13H15NO. The van der Waals surface area contributed by atoms with Gasteiger partial charge in [-0.15, -0.1) is 0 Å². The molecule has 2 aromatic carbocycles. The molecular weight excluding hydrogens is 186 g/mol. The average Bonchev–Trinajstić information content (AvgIpc) is 2.28. The van der Waals surface area contributed by atoms with Crippen LogP contribution in [0.1, 0.15) is 18.9 Å². The molecule has 0 aliphatic carbocycles. The topological polar surface area (TPSA) is 46.2 Å². The van der Waals surface area contributed by atoms with Gasteiger partial charge in [0.25, 0.3) is 0 Å². The largest absolute Gasteiger partial charge is 0.372 e. The Hall–Kier alpha value is -1.38. The number of hydrogen-bond acceptors (Lipinski definition) is 2. The van der Waals surface area contributed by atoms with Gasteiger partial charge in [-0.1, -0.05) is 49.4 Å². The van der Waals surface area contributed by atoms with Crippen molar-refractivity contribution in [3.8, 4) is 0 Å². The molecule has 0 aliphatic heterocycles. The van der Waals surface area contributed by atoms with E-state index in [0.717, 1.165) is 16.3 Å². The molecule has 0 aliphatic rings. The number of rotatable bonds is 2. The van der Waals surface area contributed by atoms with Crippen LogP contribution in [0.4, 0.5) is 0 Å². The predicted octanol–water partition coefficient (Wildman–Crippen LogP) is 2.35. The lowest BCUT2D eigenvalue weighted by Crippen LogP contribution is -2.35. The van der Waals surface area contributed by atoms with E-state index < -0.39 is 5.72 Å². The molecule has 0 fully saturated rings. The Morgan fingerprint density at radius 3 is 2.53 bits per heavy atom. The second kappa shape index (κ2) is 3.65. The van der Waals surface area contributed by atoms with Crippen molar-refractivity contribution in [1.82, 2.24) is 0 Å². The Morgan fingerprint density at radius 2 is 1.80 bits per heavy atom. The van der Waals surface area contributed by atoms with E-state index in [1.807, 2.05) is 49.4 Å². The average molecular weight is 201 g/mol. The maximum atomic E-state index is 10.1. The lowest BCUT2D eigenvalue weighted by molar-refractivity contribution is 0.0410. The number of aliphatic hydroxyl groups is 1. The van der Waals surface area contributed by atoms with Crippen LogP contribution < -0.4 is 5.73 Å². The predicted molar refractivity (Wildman–Crippen MR) is 62.3 cm³/mol. The highest BCUT2D eigenvalue weighted by Crippen LogP contribution is 2.27. The zero-order valence-electron chi connectivity index (χ0n) is 8.77. The molecule has 15 heavy (non-hydrogen) atoms. The van der Waals surface area contributed by atoms with Crippen LogP contribution in [0.3, 0.4) is 0 Å². The van der Waals surface area contributed by atoms with Crippen LogP contribution >= 0.6 is 0 Å². The van der Waals surface area contributed by atoms with Crippen LogP contribution in [0.2, 0.25) is 0 Å². The molecule has 0 saturated heterocycles. The van der Waals surface area contributed by atoms with Gasteiger partial charge in [-0.25, -0.2) is 0 Å². The summed E-state index contributed by atoms with van der Waals surface area (Å²) in [6.07, 6.45) is 0.501. The maximum absolute atomic E-state index is 10.1. The Kier molecular flexibility index (Phi) is 2.47. The van der Waals surface area contributed by atoms with Crippen molar-refractivity contribution in [2.24, 2.45) is 5.73 Å². The lowest BCUT2D eigenvalue weighted by atomic mass is 9.95. The number of nitrogens with two attached hydrogens (primary N) is 1. The van der Waals surface area contributed by atoms with Gasteiger partial charge in [0.1, 0.15) is 5.72 Å². The van der Waals surface area contributed by atoms with E-state index in [2.05, 4.69) is 0 Å². The lowest BCUT2D eigenvalue weighted by Gasteiger charge is -2.23. The van der Waals surface area contributed by atoms with E-state index in [1.54, 1.807) is 0 Å². The minimum atomic E-state index is -1.24. The molecule has 1 atom stereocenters. The van der Waals surface area contributed by atoms with E-state index in [9.17, 15) is 5.11 Å². The zero-order chi connectivity index (χ0) is 10.9. The highest BCUT2D eigenvalue weighted by Gasteiger charge is 2.22. The number of benzene rings is 2. The molecule has 2 nitrogen and oxygen atoms in total. The third-order valence-corrected chi connectivity index (χ3v) is 2.80. The summed E-state index contributed by atoms with van der Waals surface area (Å²) in [5.74, 6) is 0. The summed E-state index contributed by atoms with van der Waals surface area (Å²) in [6.45, 7) is 1.88. The van der Waals surface area contributed by atoms with Gasteiger partial charge in [-0.2, -0.15) is 0 Å². The summed E-state index contributed by atoms with van der Waals surface area (Å²) in [5, 5.41) is 12.2. The molecule has 0 aromatic heterocycles. The SMILES string of the molecule is CCC(N)(O)c1cccc2ccccc12. The molecule has 0 radical (unpaired) electrons. The van der Waals surface area contributed by atoms with E-state index in [4.69, 9.17) is 5.73 Å². The van der Waals surface area contributed by atoms with Crippen LogP contribution in [0, 0.1) is 0 Å². The molecule has 0 amide bonds. The molecule has 0 saturated carbocycles. The first kappa shape index (κ1) is 10.1. The van der Waals surface area contributed by atoms with Gasteiger partial charge in [-0.05, 0) is 17.2 Å². The van der Waals surface area contributed by atoms with Crippen molar-refractivity contribution < 1.29 is 5.11 Å². The van der Waals surface area contributed by atoms with Crippen LogP contribution in [-0.2, 0) is 5.72 Å². The number of hydrogen-bond donors (Lipinski definition) is 2.